The Balaban J connectivity index is 1.09. The fourth-order valence-electron chi connectivity index (χ4n) is 7.35. The molecule has 7 rings (SSSR count). The number of carbonyl (C=O) groups excluding carboxylic acids is 3. The molecule has 10 nitrogen and oxygen atoms in total. The summed E-state index contributed by atoms with van der Waals surface area (Å²) in [6.07, 6.45) is 5.18. The number of rotatable bonds is 4. The number of benzene rings is 1. The summed E-state index contributed by atoms with van der Waals surface area (Å²) in [6, 6.07) is 10.1. The first-order valence-corrected chi connectivity index (χ1v) is 14.0. The van der Waals surface area contributed by atoms with E-state index in [0.717, 1.165) is 38.0 Å². The van der Waals surface area contributed by atoms with Gasteiger partial charge in [-0.1, -0.05) is 18.2 Å². The molecule has 3 amide bonds. The lowest BCUT2D eigenvalue weighted by atomic mass is 9.83. The third kappa shape index (κ3) is 3.83. The van der Waals surface area contributed by atoms with Crippen molar-refractivity contribution in [3.8, 4) is 0 Å². The zero-order chi connectivity index (χ0) is 25.1. The van der Waals surface area contributed by atoms with Gasteiger partial charge in [-0.05, 0) is 50.7 Å². The summed E-state index contributed by atoms with van der Waals surface area (Å²) in [5.74, 6) is 0.767. The Hall–Kier alpha value is -2.69. The van der Waals surface area contributed by atoms with Crippen molar-refractivity contribution >= 4 is 23.4 Å². The number of hydrogen-bond donors (Lipinski definition) is 3. The third-order valence-corrected chi connectivity index (χ3v) is 9.63. The van der Waals surface area contributed by atoms with E-state index < -0.39 is 5.54 Å². The number of piperidine rings is 2. The second-order valence-corrected chi connectivity index (χ2v) is 11.7. The number of para-hydroxylation sites is 1. The normalized spacial score (nSPS) is 33.5. The van der Waals surface area contributed by atoms with Gasteiger partial charge in [-0.25, -0.2) is 5.43 Å². The number of fused-ring (bicyclic) bond motifs is 1. The molecule has 1 aliphatic carbocycles. The Bertz CT molecular complexity index is 1070. The van der Waals surface area contributed by atoms with Crippen molar-refractivity contribution in [3.63, 3.8) is 0 Å². The molecule has 1 saturated carbocycles. The van der Waals surface area contributed by atoms with Gasteiger partial charge >= 0.3 is 0 Å². The number of hydrazine groups is 1. The molecule has 1 aromatic carbocycles. The predicted molar refractivity (Wildman–Crippen MR) is 137 cm³/mol. The van der Waals surface area contributed by atoms with Crippen LogP contribution in [0.15, 0.2) is 30.3 Å². The predicted octanol–water partition coefficient (Wildman–Crippen LogP) is 0.0768. The molecule has 6 aliphatic rings. The molecule has 0 aromatic heterocycles. The van der Waals surface area contributed by atoms with Gasteiger partial charge in [0.15, 0.2) is 0 Å². The lowest BCUT2D eigenvalue weighted by molar-refractivity contribution is -0.144. The maximum atomic E-state index is 14.2. The fraction of sp³-hybridized carbons (Fsp3) is 0.667. The average Bonchev–Trinajstić information content (AvgIpc) is 3.44. The van der Waals surface area contributed by atoms with E-state index in [-0.39, 0.29) is 35.8 Å². The van der Waals surface area contributed by atoms with Crippen molar-refractivity contribution in [1.82, 2.24) is 30.9 Å². The number of nitrogens with one attached hydrogen (secondary N) is 3. The van der Waals surface area contributed by atoms with Crippen LogP contribution < -0.4 is 21.1 Å². The number of anilines is 1. The molecular formula is C27H37N7O3. The highest BCUT2D eigenvalue weighted by Crippen LogP contribution is 2.42. The third-order valence-electron chi connectivity index (χ3n) is 9.63. The highest BCUT2D eigenvalue weighted by molar-refractivity contribution is 5.98. The molecule has 6 fully saturated rings. The highest BCUT2D eigenvalue weighted by atomic mass is 16.2. The van der Waals surface area contributed by atoms with Crippen LogP contribution in [0.3, 0.4) is 0 Å². The molecule has 1 aromatic rings. The van der Waals surface area contributed by atoms with Crippen LogP contribution in [-0.4, -0.2) is 95.6 Å². The Kier molecular flexibility index (Phi) is 5.67. The van der Waals surface area contributed by atoms with Crippen molar-refractivity contribution in [2.75, 3.05) is 44.3 Å². The van der Waals surface area contributed by atoms with Gasteiger partial charge in [-0.3, -0.25) is 25.1 Å². The number of likely N-dealkylation sites (tertiary alicyclic amines) is 2. The molecule has 4 unspecified atom stereocenters. The quantitative estimate of drug-likeness (QED) is 0.531. The van der Waals surface area contributed by atoms with Crippen LogP contribution in [-0.2, 0) is 14.4 Å². The van der Waals surface area contributed by atoms with Crippen LogP contribution in [0.5, 0.6) is 0 Å². The standard InChI is InChI=1S/C27H37N7O3/c35-24(19-14-18-16-29-30-23(18)28-15-19)31-12-9-27(10-13-31)26(37)33(17-34(27)21-4-2-1-3-5-21)22-8-11-32(25(22)36)20-6-7-20/h1-5,18-20,22-23,28-30H,6-17H2. The van der Waals surface area contributed by atoms with Crippen LogP contribution in [0.2, 0.25) is 0 Å². The SMILES string of the molecule is O=C(C1CNC2NNCC2C1)N1CCC2(CC1)C(=O)N(C1CCN(C3CC3)C1=O)CN2c1ccccc1. The summed E-state index contributed by atoms with van der Waals surface area (Å²) in [5, 5.41) is 3.47. The zero-order valence-corrected chi connectivity index (χ0v) is 21.3. The van der Waals surface area contributed by atoms with Gasteiger partial charge in [0.25, 0.3) is 5.91 Å². The van der Waals surface area contributed by atoms with Gasteiger partial charge in [0, 0.05) is 50.4 Å². The van der Waals surface area contributed by atoms with Crippen molar-refractivity contribution in [3.05, 3.63) is 30.3 Å². The molecule has 0 radical (unpaired) electrons. The van der Waals surface area contributed by atoms with Gasteiger partial charge < -0.3 is 19.6 Å². The van der Waals surface area contributed by atoms with Crippen LogP contribution in [0.1, 0.15) is 38.5 Å². The number of amides is 3. The summed E-state index contributed by atoms with van der Waals surface area (Å²) in [6.45, 7) is 3.87. The first-order chi connectivity index (χ1) is 18.0. The highest BCUT2D eigenvalue weighted by Gasteiger charge is 2.58. The summed E-state index contributed by atoms with van der Waals surface area (Å²) in [4.78, 5) is 49.0. The topological polar surface area (TPSA) is 100 Å². The second kappa shape index (κ2) is 8.96. The van der Waals surface area contributed by atoms with Crippen molar-refractivity contribution in [1.29, 1.82) is 0 Å². The molecule has 37 heavy (non-hydrogen) atoms. The van der Waals surface area contributed by atoms with Crippen LogP contribution in [0.25, 0.3) is 0 Å². The van der Waals surface area contributed by atoms with E-state index in [1.165, 1.54) is 0 Å². The van der Waals surface area contributed by atoms with Gasteiger partial charge in [0.05, 0.1) is 18.8 Å². The Morgan fingerprint density at radius 2 is 1.73 bits per heavy atom. The van der Waals surface area contributed by atoms with Crippen LogP contribution in [0, 0.1) is 11.8 Å². The van der Waals surface area contributed by atoms with E-state index in [2.05, 4.69) is 33.2 Å². The Labute approximate surface area is 217 Å². The van der Waals surface area contributed by atoms with Crippen LogP contribution >= 0.6 is 0 Å². The Morgan fingerprint density at radius 1 is 0.946 bits per heavy atom. The second-order valence-electron chi connectivity index (χ2n) is 11.7. The monoisotopic (exact) mass is 507 g/mol. The molecule has 0 bridgehead atoms. The molecule has 4 atom stereocenters. The number of nitrogens with zero attached hydrogens (tertiary/aromatic N) is 4. The van der Waals surface area contributed by atoms with E-state index >= 15 is 0 Å². The minimum absolute atomic E-state index is 0.0254. The van der Waals surface area contributed by atoms with Gasteiger partial charge in [0.2, 0.25) is 11.8 Å². The number of hydrogen-bond acceptors (Lipinski definition) is 7. The van der Waals surface area contributed by atoms with E-state index in [4.69, 9.17) is 0 Å². The fourth-order valence-corrected chi connectivity index (χ4v) is 7.35. The average molecular weight is 508 g/mol. The van der Waals surface area contributed by atoms with E-state index in [1.54, 1.807) is 0 Å². The molecule has 5 saturated heterocycles. The number of carbonyl (C=O) groups is 3. The zero-order valence-electron chi connectivity index (χ0n) is 21.3. The van der Waals surface area contributed by atoms with E-state index in [1.807, 2.05) is 32.9 Å². The summed E-state index contributed by atoms with van der Waals surface area (Å²) in [7, 11) is 0. The maximum absolute atomic E-state index is 14.2. The molecule has 10 heteroatoms. The molecule has 5 heterocycles. The first kappa shape index (κ1) is 23.4. The first-order valence-electron chi connectivity index (χ1n) is 14.0. The van der Waals surface area contributed by atoms with Gasteiger partial charge in [-0.15, -0.1) is 0 Å². The van der Waals surface area contributed by atoms with E-state index in [9.17, 15) is 14.4 Å². The molecular weight excluding hydrogens is 470 g/mol. The van der Waals surface area contributed by atoms with Crippen molar-refractivity contribution in [2.45, 2.75) is 62.3 Å². The molecule has 3 N–H and O–H groups in total. The smallest absolute Gasteiger partial charge is 0.250 e. The van der Waals surface area contributed by atoms with Gasteiger partial charge in [-0.2, -0.15) is 0 Å². The molecule has 198 valence electrons. The maximum Gasteiger partial charge on any atom is 0.250 e. The Morgan fingerprint density at radius 3 is 2.49 bits per heavy atom. The minimum atomic E-state index is -0.708. The summed E-state index contributed by atoms with van der Waals surface area (Å²) >= 11 is 0. The molecule has 5 aliphatic heterocycles. The summed E-state index contributed by atoms with van der Waals surface area (Å²) < 4.78 is 0. The van der Waals surface area contributed by atoms with E-state index in [0.29, 0.717) is 57.5 Å². The van der Waals surface area contributed by atoms with Crippen molar-refractivity contribution in [2.24, 2.45) is 11.8 Å². The summed E-state index contributed by atoms with van der Waals surface area (Å²) in [5.41, 5.74) is 6.73. The minimum Gasteiger partial charge on any atom is -0.342 e. The molecule has 1 spiro atoms. The van der Waals surface area contributed by atoms with Crippen molar-refractivity contribution < 1.29 is 14.4 Å². The lowest BCUT2D eigenvalue weighted by Crippen LogP contribution is -2.59. The van der Waals surface area contributed by atoms with Crippen LogP contribution in [0.4, 0.5) is 5.69 Å². The largest absolute Gasteiger partial charge is 0.342 e. The van der Waals surface area contributed by atoms with Gasteiger partial charge in [0.1, 0.15) is 11.6 Å². The lowest BCUT2D eigenvalue weighted by Gasteiger charge is -2.44.